The van der Waals surface area contributed by atoms with E-state index in [-0.39, 0.29) is 0 Å². The highest BCUT2D eigenvalue weighted by molar-refractivity contribution is 7.17. The fraction of sp³-hybridized carbons (Fsp3) is 0.692. The topological polar surface area (TPSA) is 62.7 Å². The Hall–Kier alpha value is -1.14. The third kappa shape index (κ3) is 3.25. The number of aromatic nitrogens is 1. The highest BCUT2D eigenvalue weighted by Crippen LogP contribution is 2.29. The first-order valence-corrected chi connectivity index (χ1v) is 7.56. The quantitative estimate of drug-likeness (QED) is 0.899. The summed E-state index contributed by atoms with van der Waals surface area (Å²) in [5.74, 6) is -0.871. The first-order chi connectivity index (χ1) is 9.15. The fourth-order valence-corrected chi connectivity index (χ4v) is 3.38. The number of ether oxygens (including phenoxy) is 1. The first kappa shape index (κ1) is 14.3. The number of nitrogens with zero attached hydrogens (tertiary/aromatic N) is 2. The second-order valence-electron chi connectivity index (χ2n) is 4.57. The highest BCUT2D eigenvalue weighted by Gasteiger charge is 2.24. The van der Waals surface area contributed by atoms with Crippen LogP contribution in [0.4, 0.5) is 5.13 Å². The molecule has 1 aromatic heterocycles. The van der Waals surface area contributed by atoms with Crippen molar-refractivity contribution in [3.63, 3.8) is 0 Å². The Morgan fingerprint density at radius 2 is 2.16 bits per heavy atom. The maximum absolute atomic E-state index is 11.1. The lowest BCUT2D eigenvalue weighted by Gasteiger charge is -2.31. The fourth-order valence-electron chi connectivity index (χ4n) is 2.33. The van der Waals surface area contributed by atoms with E-state index in [1.54, 1.807) is 0 Å². The summed E-state index contributed by atoms with van der Waals surface area (Å²) in [5, 5.41) is 9.99. The SMILES string of the molecule is CCOC1CCN(c2nc(CC)c(C(=O)O)s2)CC1. The molecule has 106 valence electrons. The van der Waals surface area contributed by atoms with E-state index >= 15 is 0 Å². The molecule has 0 atom stereocenters. The molecule has 5 nitrogen and oxygen atoms in total. The maximum atomic E-state index is 11.1. The van der Waals surface area contributed by atoms with E-state index in [0.29, 0.717) is 23.1 Å². The zero-order chi connectivity index (χ0) is 13.8. The van der Waals surface area contributed by atoms with Crippen LogP contribution in [0.15, 0.2) is 0 Å². The van der Waals surface area contributed by atoms with E-state index in [0.717, 1.165) is 37.7 Å². The van der Waals surface area contributed by atoms with Gasteiger partial charge in [0.25, 0.3) is 0 Å². The Bertz CT molecular complexity index is 439. The van der Waals surface area contributed by atoms with Crippen LogP contribution in [-0.2, 0) is 11.2 Å². The number of thiazole rings is 1. The highest BCUT2D eigenvalue weighted by atomic mass is 32.1. The third-order valence-electron chi connectivity index (χ3n) is 3.33. The molecule has 6 heteroatoms. The Morgan fingerprint density at radius 3 is 2.63 bits per heavy atom. The molecule has 2 heterocycles. The number of aryl methyl sites for hydroxylation is 1. The predicted molar refractivity (Wildman–Crippen MR) is 75.3 cm³/mol. The van der Waals surface area contributed by atoms with Gasteiger partial charge in [0.15, 0.2) is 5.13 Å². The molecule has 0 saturated carbocycles. The lowest BCUT2D eigenvalue weighted by molar-refractivity contribution is 0.0459. The van der Waals surface area contributed by atoms with Crippen molar-refractivity contribution >= 4 is 22.4 Å². The summed E-state index contributed by atoms with van der Waals surface area (Å²) in [5.41, 5.74) is 0.694. The molecule has 1 aromatic rings. The van der Waals surface area contributed by atoms with Gasteiger partial charge in [-0.25, -0.2) is 9.78 Å². The van der Waals surface area contributed by atoms with Crippen LogP contribution < -0.4 is 4.90 Å². The molecule has 19 heavy (non-hydrogen) atoms. The Balaban J connectivity index is 2.05. The maximum Gasteiger partial charge on any atom is 0.347 e. The summed E-state index contributed by atoms with van der Waals surface area (Å²) in [6.07, 6.45) is 2.97. The first-order valence-electron chi connectivity index (χ1n) is 6.75. The molecule has 0 aliphatic carbocycles. The zero-order valence-electron chi connectivity index (χ0n) is 11.4. The summed E-state index contributed by atoms with van der Waals surface area (Å²) >= 11 is 1.29. The van der Waals surface area contributed by atoms with Crippen LogP contribution >= 0.6 is 11.3 Å². The molecular formula is C13H20N2O3S. The van der Waals surface area contributed by atoms with Crippen molar-refractivity contribution < 1.29 is 14.6 Å². The summed E-state index contributed by atoms with van der Waals surface area (Å²) in [4.78, 5) is 18.2. The summed E-state index contributed by atoms with van der Waals surface area (Å²) in [6.45, 7) is 6.48. The summed E-state index contributed by atoms with van der Waals surface area (Å²) in [6, 6.07) is 0. The average Bonchev–Trinajstić information content (AvgIpc) is 2.84. The minimum absolute atomic E-state index is 0.339. The van der Waals surface area contributed by atoms with Gasteiger partial charge < -0.3 is 14.7 Å². The number of carbonyl (C=O) groups is 1. The second kappa shape index (κ2) is 6.34. The van der Waals surface area contributed by atoms with E-state index in [2.05, 4.69) is 9.88 Å². The number of rotatable bonds is 5. The molecule has 0 unspecified atom stereocenters. The van der Waals surface area contributed by atoms with Gasteiger partial charge in [0.2, 0.25) is 0 Å². The van der Waals surface area contributed by atoms with E-state index in [1.165, 1.54) is 11.3 Å². The van der Waals surface area contributed by atoms with Gasteiger partial charge in [0.1, 0.15) is 4.88 Å². The van der Waals surface area contributed by atoms with Crippen LogP contribution in [0, 0.1) is 0 Å². The standard InChI is InChI=1S/C13H20N2O3S/c1-3-10-11(12(16)17)19-13(14-10)15-7-5-9(6-8-15)18-4-2/h9H,3-8H2,1-2H3,(H,16,17). The number of hydrogen-bond acceptors (Lipinski definition) is 5. The molecule has 1 saturated heterocycles. The molecule has 0 aromatic carbocycles. The lowest BCUT2D eigenvalue weighted by atomic mass is 10.1. The van der Waals surface area contributed by atoms with Gasteiger partial charge in [-0.1, -0.05) is 18.3 Å². The third-order valence-corrected chi connectivity index (χ3v) is 4.48. The van der Waals surface area contributed by atoms with Gasteiger partial charge in [-0.15, -0.1) is 0 Å². The summed E-state index contributed by atoms with van der Waals surface area (Å²) < 4.78 is 5.62. The van der Waals surface area contributed by atoms with Crippen LogP contribution in [0.1, 0.15) is 42.1 Å². The van der Waals surface area contributed by atoms with E-state index in [1.807, 2.05) is 13.8 Å². The van der Waals surface area contributed by atoms with Gasteiger partial charge in [-0.05, 0) is 26.2 Å². The molecule has 1 N–H and O–H groups in total. The van der Waals surface area contributed by atoms with Crippen LogP contribution in [0.3, 0.4) is 0 Å². The summed E-state index contributed by atoms with van der Waals surface area (Å²) in [7, 11) is 0. The minimum Gasteiger partial charge on any atom is -0.477 e. The smallest absolute Gasteiger partial charge is 0.347 e. The molecule has 0 radical (unpaired) electrons. The monoisotopic (exact) mass is 284 g/mol. The van der Waals surface area contributed by atoms with Crippen molar-refractivity contribution in [3.8, 4) is 0 Å². The van der Waals surface area contributed by atoms with Crippen molar-refractivity contribution in [3.05, 3.63) is 10.6 Å². The van der Waals surface area contributed by atoms with Crippen LogP contribution in [0.25, 0.3) is 0 Å². The van der Waals surface area contributed by atoms with Crippen molar-refractivity contribution in [2.75, 3.05) is 24.6 Å². The number of aromatic carboxylic acids is 1. The van der Waals surface area contributed by atoms with Crippen LogP contribution in [-0.4, -0.2) is 41.9 Å². The molecule has 0 bridgehead atoms. The Morgan fingerprint density at radius 1 is 1.47 bits per heavy atom. The van der Waals surface area contributed by atoms with Crippen LogP contribution in [0.5, 0.6) is 0 Å². The number of piperidine rings is 1. The second-order valence-corrected chi connectivity index (χ2v) is 5.55. The zero-order valence-corrected chi connectivity index (χ0v) is 12.2. The molecule has 1 aliphatic rings. The van der Waals surface area contributed by atoms with Crippen molar-refractivity contribution in [2.45, 2.75) is 39.2 Å². The predicted octanol–water partition coefficient (Wildman–Crippen LogP) is 2.41. The van der Waals surface area contributed by atoms with Gasteiger partial charge in [-0.3, -0.25) is 0 Å². The van der Waals surface area contributed by atoms with E-state index < -0.39 is 5.97 Å². The number of hydrogen-bond donors (Lipinski definition) is 1. The largest absolute Gasteiger partial charge is 0.477 e. The molecule has 2 rings (SSSR count). The van der Waals surface area contributed by atoms with Crippen molar-refractivity contribution in [1.29, 1.82) is 0 Å². The minimum atomic E-state index is -0.871. The van der Waals surface area contributed by atoms with Crippen molar-refractivity contribution in [1.82, 2.24) is 4.98 Å². The van der Waals surface area contributed by atoms with Crippen LogP contribution in [0.2, 0.25) is 0 Å². The number of anilines is 1. The van der Waals surface area contributed by atoms with E-state index in [4.69, 9.17) is 9.84 Å². The average molecular weight is 284 g/mol. The van der Waals surface area contributed by atoms with Crippen molar-refractivity contribution in [2.24, 2.45) is 0 Å². The normalized spacial score (nSPS) is 16.8. The number of carboxylic acid groups (broad SMARTS) is 1. The molecule has 0 amide bonds. The number of carboxylic acids is 1. The molecule has 1 fully saturated rings. The molecule has 1 aliphatic heterocycles. The van der Waals surface area contributed by atoms with Gasteiger partial charge in [0, 0.05) is 19.7 Å². The lowest BCUT2D eigenvalue weighted by Crippen LogP contribution is -2.37. The van der Waals surface area contributed by atoms with Gasteiger partial charge in [-0.2, -0.15) is 0 Å². The Kier molecular flexibility index (Phi) is 4.76. The van der Waals surface area contributed by atoms with Gasteiger partial charge in [0.05, 0.1) is 11.8 Å². The van der Waals surface area contributed by atoms with E-state index in [9.17, 15) is 4.79 Å². The van der Waals surface area contributed by atoms with Gasteiger partial charge >= 0.3 is 5.97 Å². The molecule has 0 spiro atoms. The molecular weight excluding hydrogens is 264 g/mol. The Labute approximate surface area is 117 Å².